The minimum Gasteiger partial charge on any atom is -0.481 e. The van der Waals surface area contributed by atoms with Gasteiger partial charge in [0.1, 0.15) is 17.7 Å². The highest BCUT2D eigenvalue weighted by atomic mass is 16.5. The largest absolute Gasteiger partial charge is 0.481 e. The van der Waals surface area contributed by atoms with Gasteiger partial charge in [-0.05, 0) is 6.92 Å². The molecule has 0 aliphatic heterocycles. The van der Waals surface area contributed by atoms with Crippen molar-refractivity contribution in [3.8, 4) is 5.88 Å². The van der Waals surface area contributed by atoms with Gasteiger partial charge >= 0.3 is 0 Å². The predicted molar refractivity (Wildman–Crippen MR) is 62.0 cm³/mol. The van der Waals surface area contributed by atoms with Gasteiger partial charge in [-0.3, -0.25) is 9.89 Å². The maximum Gasteiger partial charge on any atom is 0.258 e. The molecule has 0 radical (unpaired) electrons. The van der Waals surface area contributed by atoms with Gasteiger partial charge in [0.2, 0.25) is 5.88 Å². The minimum absolute atomic E-state index is 0.273. The number of methoxy groups -OCH3 is 1. The molecule has 2 aromatic heterocycles. The fourth-order valence-corrected chi connectivity index (χ4v) is 1.59. The number of aromatic nitrogens is 5. The Balaban J connectivity index is 2.12. The van der Waals surface area contributed by atoms with Crippen molar-refractivity contribution in [2.45, 2.75) is 13.0 Å². The summed E-state index contributed by atoms with van der Waals surface area (Å²) >= 11 is 0. The molecule has 0 saturated heterocycles. The second-order valence-electron chi connectivity index (χ2n) is 3.76. The van der Waals surface area contributed by atoms with Crippen LogP contribution in [0.3, 0.4) is 0 Å². The summed E-state index contributed by atoms with van der Waals surface area (Å²) in [5, 5.41) is 13.2. The standard InChI is InChI=1S/C10H14N6O2/c1-6(8-11-5-12-15-8)14-9(17)7-4-13-16(2)10(7)18-3/h4-6H,1-3H3,(H,14,17)(H,11,12,15). The number of aromatic amines is 1. The maximum atomic E-state index is 12.0. The number of carbonyl (C=O) groups is 1. The maximum absolute atomic E-state index is 12.0. The molecule has 2 heterocycles. The molecule has 0 fully saturated rings. The minimum atomic E-state index is -0.274. The van der Waals surface area contributed by atoms with E-state index < -0.39 is 0 Å². The molecule has 1 unspecified atom stereocenters. The number of hydrogen-bond acceptors (Lipinski definition) is 5. The van der Waals surface area contributed by atoms with E-state index in [0.29, 0.717) is 17.3 Å². The van der Waals surface area contributed by atoms with Crippen molar-refractivity contribution in [3.05, 3.63) is 23.9 Å². The quantitative estimate of drug-likeness (QED) is 0.798. The molecule has 0 aromatic carbocycles. The van der Waals surface area contributed by atoms with Crippen molar-refractivity contribution < 1.29 is 9.53 Å². The summed E-state index contributed by atoms with van der Waals surface area (Å²) in [5.74, 6) is 0.729. The zero-order chi connectivity index (χ0) is 13.1. The Morgan fingerprint density at radius 2 is 2.39 bits per heavy atom. The Hall–Kier alpha value is -2.38. The number of ether oxygens (including phenoxy) is 1. The van der Waals surface area contributed by atoms with Crippen LogP contribution in [0.2, 0.25) is 0 Å². The predicted octanol–water partition coefficient (Wildman–Crippen LogP) is 0.0378. The van der Waals surface area contributed by atoms with Gasteiger partial charge in [0.25, 0.3) is 5.91 Å². The molecular formula is C10H14N6O2. The molecule has 1 amide bonds. The fraction of sp³-hybridized carbons (Fsp3) is 0.400. The molecule has 96 valence electrons. The van der Waals surface area contributed by atoms with E-state index in [2.05, 4.69) is 25.6 Å². The van der Waals surface area contributed by atoms with E-state index >= 15 is 0 Å². The van der Waals surface area contributed by atoms with Gasteiger partial charge in [0, 0.05) is 7.05 Å². The zero-order valence-electron chi connectivity index (χ0n) is 10.3. The highest BCUT2D eigenvalue weighted by Crippen LogP contribution is 2.17. The van der Waals surface area contributed by atoms with Crippen LogP contribution in [-0.2, 0) is 7.05 Å². The first-order chi connectivity index (χ1) is 8.63. The van der Waals surface area contributed by atoms with Crippen LogP contribution in [0.25, 0.3) is 0 Å². The summed E-state index contributed by atoms with van der Waals surface area (Å²) in [6.07, 6.45) is 2.85. The Bertz CT molecular complexity index is 533. The number of aryl methyl sites for hydroxylation is 1. The highest BCUT2D eigenvalue weighted by molar-refractivity contribution is 5.96. The lowest BCUT2D eigenvalue weighted by atomic mass is 10.2. The molecule has 0 aliphatic rings. The van der Waals surface area contributed by atoms with Gasteiger partial charge in [-0.2, -0.15) is 10.2 Å². The number of H-pyrrole nitrogens is 1. The SMILES string of the molecule is COc1c(C(=O)NC(C)c2ncn[nH]2)cnn1C. The van der Waals surface area contributed by atoms with Crippen LogP contribution in [0.15, 0.2) is 12.5 Å². The molecule has 0 spiro atoms. The van der Waals surface area contributed by atoms with Crippen LogP contribution in [0.5, 0.6) is 5.88 Å². The van der Waals surface area contributed by atoms with Gasteiger partial charge in [-0.15, -0.1) is 0 Å². The first-order valence-electron chi connectivity index (χ1n) is 5.35. The number of rotatable bonds is 4. The van der Waals surface area contributed by atoms with Crippen molar-refractivity contribution in [1.29, 1.82) is 0 Å². The molecule has 2 aromatic rings. The van der Waals surface area contributed by atoms with Gasteiger partial charge < -0.3 is 10.1 Å². The van der Waals surface area contributed by atoms with Crippen LogP contribution in [-0.4, -0.2) is 38.0 Å². The van der Waals surface area contributed by atoms with Crippen molar-refractivity contribution >= 4 is 5.91 Å². The topological polar surface area (TPSA) is 97.7 Å². The Morgan fingerprint density at radius 3 is 3.00 bits per heavy atom. The summed E-state index contributed by atoms with van der Waals surface area (Å²) in [7, 11) is 3.20. The first-order valence-corrected chi connectivity index (χ1v) is 5.35. The average molecular weight is 250 g/mol. The van der Waals surface area contributed by atoms with Crippen LogP contribution in [0.1, 0.15) is 29.1 Å². The van der Waals surface area contributed by atoms with Crippen LogP contribution < -0.4 is 10.1 Å². The summed E-state index contributed by atoms with van der Waals surface area (Å²) in [6.45, 7) is 1.81. The van der Waals surface area contributed by atoms with Gasteiger partial charge in [0.15, 0.2) is 0 Å². The number of amides is 1. The molecular weight excluding hydrogens is 236 g/mol. The van der Waals surface area contributed by atoms with Crippen LogP contribution in [0, 0.1) is 0 Å². The van der Waals surface area contributed by atoms with E-state index in [1.54, 1.807) is 14.0 Å². The van der Waals surface area contributed by atoms with Gasteiger partial charge in [0.05, 0.1) is 19.3 Å². The Kier molecular flexibility index (Phi) is 3.26. The fourth-order valence-electron chi connectivity index (χ4n) is 1.59. The second kappa shape index (κ2) is 4.86. The lowest BCUT2D eigenvalue weighted by molar-refractivity contribution is 0.0935. The Labute approximate surface area is 103 Å². The zero-order valence-corrected chi connectivity index (χ0v) is 10.3. The average Bonchev–Trinajstić information content (AvgIpc) is 2.97. The number of carbonyl (C=O) groups excluding carboxylic acids is 1. The van der Waals surface area contributed by atoms with E-state index in [0.717, 1.165) is 0 Å². The van der Waals surface area contributed by atoms with Gasteiger partial charge in [-0.25, -0.2) is 9.67 Å². The van der Waals surface area contributed by atoms with E-state index in [1.165, 1.54) is 24.3 Å². The summed E-state index contributed by atoms with van der Waals surface area (Å²) in [5.41, 5.74) is 0.381. The van der Waals surface area contributed by atoms with Gasteiger partial charge in [-0.1, -0.05) is 0 Å². The third kappa shape index (κ3) is 2.17. The monoisotopic (exact) mass is 250 g/mol. The second-order valence-corrected chi connectivity index (χ2v) is 3.76. The summed E-state index contributed by atoms with van der Waals surface area (Å²) in [6, 6.07) is -0.273. The normalized spacial score (nSPS) is 12.2. The molecule has 0 bridgehead atoms. The van der Waals surface area contributed by atoms with E-state index in [4.69, 9.17) is 4.74 Å². The molecule has 8 heteroatoms. The smallest absolute Gasteiger partial charge is 0.258 e. The molecule has 1 atom stereocenters. The third-order valence-electron chi connectivity index (χ3n) is 2.51. The molecule has 18 heavy (non-hydrogen) atoms. The van der Waals surface area contributed by atoms with E-state index in [9.17, 15) is 4.79 Å². The van der Waals surface area contributed by atoms with Crippen molar-refractivity contribution in [2.24, 2.45) is 7.05 Å². The highest BCUT2D eigenvalue weighted by Gasteiger charge is 2.19. The van der Waals surface area contributed by atoms with Crippen LogP contribution >= 0.6 is 0 Å². The molecule has 2 rings (SSSR count). The van der Waals surface area contributed by atoms with Crippen molar-refractivity contribution in [2.75, 3.05) is 7.11 Å². The van der Waals surface area contributed by atoms with Crippen LogP contribution in [0.4, 0.5) is 0 Å². The molecule has 0 aliphatic carbocycles. The number of hydrogen-bond donors (Lipinski definition) is 2. The molecule has 2 N–H and O–H groups in total. The number of nitrogens with one attached hydrogen (secondary N) is 2. The van der Waals surface area contributed by atoms with Crippen molar-refractivity contribution in [1.82, 2.24) is 30.3 Å². The molecule has 0 saturated carbocycles. The third-order valence-corrected chi connectivity index (χ3v) is 2.51. The van der Waals surface area contributed by atoms with E-state index in [1.807, 2.05) is 0 Å². The lowest BCUT2D eigenvalue weighted by Crippen LogP contribution is -2.27. The first kappa shape index (κ1) is 12.1. The summed E-state index contributed by atoms with van der Waals surface area (Å²) < 4.78 is 6.61. The van der Waals surface area contributed by atoms with E-state index in [-0.39, 0.29) is 11.9 Å². The Morgan fingerprint density at radius 1 is 1.61 bits per heavy atom. The van der Waals surface area contributed by atoms with Crippen molar-refractivity contribution in [3.63, 3.8) is 0 Å². The lowest BCUT2D eigenvalue weighted by Gasteiger charge is -2.10. The summed E-state index contributed by atoms with van der Waals surface area (Å²) in [4.78, 5) is 16.0. The molecule has 8 nitrogen and oxygen atoms in total. The number of nitrogens with zero attached hydrogens (tertiary/aromatic N) is 4.